The van der Waals surface area contributed by atoms with E-state index in [2.05, 4.69) is 9.99 Å². The number of nitrogens with zero attached hydrogens (tertiary/aromatic N) is 4. The molecule has 0 aromatic carbocycles. The molecule has 0 rings (SSSR count). The summed E-state index contributed by atoms with van der Waals surface area (Å²) in [5.74, 6) is -1.52. The van der Waals surface area contributed by atoms with Crippen LogP contribution in [0, 0.1) is 5.41 Å². The molecule has 5 N–H and O–H groups in total. The van der Waals surface area contributed by atoms with Crippen molar-refractivity contribution in [3.05, 3.63) is 0 Å². The smallest absolute Gasteiger partial charge is 0.337 e. The molecule has 0 aliphatic heterocycles. The number of carbonyl (C=O) groups is 2. The summed E-state index contributed by atoms with van der Waals surface area (Å²) in [6.45, 7) is 2.93. The number of oxime groups is 1. The molecule has 0 fully saturated rings. The molecule has 0 aromatic rings. The molecule has 1 unspecified atom stereocenters. The zero-order chi connectivity index (χ0) is 18.0. The highest BCUT2D eigenvalue weighted by Crippen LogP contribution is 2.06. The first-order valence-corrected chi connectivity index (χ1v) is 6.60. The lowest BCUT2D eigenvalue weighted by atomic mass is 10.4. The van der Waals surface area contributed by atoms with E-state index in [1.165, 1.54) is 11.9 Å². The number of ether oxygens (including phenoxy) is 1. The van der Waals surface area contributed by atoms with Gasteiger partial charge in [0.05, 0.1) is 6.61 Å². The van der Waals surface area contributed by atoms with Crippen molar-refractivity contribution in [2.75, 3.05) is 27.3 Å². The van der Waals surface area contributed by atoms with E-state index < -0.39 is 18.0 Å². The number of hydrazine groups is 2. The number of esters is 1. The van der Waals surface area contributed by atoms with Crippen LogP contribution in [-0.2, 0) is 24.0 Å². The van der Waals surface area contributed by atoms with Gasteiger partial charge < -0.3 is 21.0 Å². The van der Waals surface area contributed by atoms with Crippen molar-refractivity contribution in [1.29, 1.82) is 5.41 Å². The predicted octanol–water partition coefficient (Wildman–Crippen LogP) is -1.80. The Morgan fingerprint density at radius 1 is 1.39 bits per heavy atom. The van der Waals surface area contributed by atoms with Crippen LogP contribution < -0.4 is 11.5 Å². The number of aldehydes is 1. The second-order valence-corrected chi connectivity index (χ2v) is 4.21. The van der Waals surface area contributed by atoms with E-state index in [0.717, 1.165) is 10.3 Å². The Hall–Kier alpha value is -2.60. The van der Waals surface area contributed by atoms with E-state index >= 15 is 0 Å². The molecule has 0 radical (unpaired) electrons. The highest BCUT2D eigenvalue weighted by molar-refractivity contribution is 5.81. The van der Waals surface area contributed by atoms with Crippen molar-refractivity contribution in [3.63, 3.8) is 0 Å². The van der Waals surface area contributed by atoms with Crippen LogP contribution in [-0.4, -0.2) is 72.9 Å². The third-order valence-corrected chi connectivity index (χ3v) is 2.14. The van der Waals surface area contributed by atoms with Crippen molar-refractivity contribution >= 4 is 24.2 Å². The van der Waals surface area contributed by atoms with Crippen LogP contribution in [0.2, 0.25) is 0 Å². The Labute approximate surface area is 133 Å². The molecule has 132 valence electrons. The average molecular weight is 333 g/mol. The second-order valence-electron chi connectivity index (χ2n) is 4.21. The van der Waals surface area contributed by atoms with Crippen LogP contribution in [0.4, 0.5) is 0 Å². The number of nitrogens with one attached hydrogen (secondary N) is 1. The fourth-order valence-corrected chi connectivity index (χ4v) is 1.29. The van der Waals surface area contributed by atoms with E-state index in [1.54, 1.807) is 21.0 Å². The monoisotopic (exact) mass is 333 g/mol. The molecule has 12 nitrogen and oxygen atoms in total. The fourth-order valence-electron chi connectivity index (χ4n) is 1.29. The lowest BCUT2D eigenvalue weighted by Crippen LogP contribution is -2.60. The Bertz CT molecular complexity index is 442. The lowest BCUT2D eigenvalue weighted by molar-refractivity contribution is -0.280. The number of hydrogen-bond acceptors (Lipinski definition) is 8. The number of rotatable bonds is 8. The molecular weight excluding hydrogens is 310 g/mol. The molecule has 0 aliphatic rings. The molecule has 0 spiro atoms. The van der Waals surface area contributed by atoms with Gasteiger partial charge in [0.2, 0.25) is 5.96 Å². The number of nitrogens with two attached hydrogens (primary N) is 2. The minimum absolute atomic E-state index is 0.174. The molecule has 0 heterocycles. The van der Waals surface area contributed by atoms with Gasteiger partial charge in [-0.1, -0.05) is 0 Å². The summed E-state index contributed by atoms with van der Waals surface area (Å²) < 4.78 is 4.81. The first kappa shape index (κ1) is 20.4. The quantitative estimate of drug-likeness (QED) is 0.115. The van der Waals surface area contributed by atoms with Crippen LogP contribution >= 0.6 is 0 Å². The molecule has 0 bridgehead atoms. The summed E-state index contributed by atoms with van der Waals surface area (Å²) >= 11 is 0. The second kappa shape index (κ2) is 10.2. The van der Waals surface area contributed by atoms with Gasteiger partial charge in [-0.25, -0.2) is 14.6 Å². The maximum absolute atomic E-state index is 11.6. The zero-order valence-electron chi connectivity index (χ0n) is 13.6. The minimum atomic E-state index is -1.06. The maximum Gasteiger partial charge on any atom is 0.337 e. The summed E-state index contributed by atoms with van der Waals surface area (Å²) in [6, 6.07) is 0. The zero-order valence-corrected chi connectivity index (χ0v) is 13.6. The predicted molar refractivity (Wildman–Crippen MR) is 80.1 cm³/mol. The van der Waals surface area contributed by atoms with Crippen LogP contribution in [0.1, 0.15) is 13.8 Å². The molecule has 0 aliphatic carbocycles. The first-order chi connectivity index (χ1) is 10.8. The molecule has 0 saturated heterocycles. The molecule has 12 heteroatoms. The van der Waals surface area contributed by atoms with Crippen LogP contribution in [0.5, 0.6) is 0 Å². The normalized spacial score (nSPS) is 12.5. The van der Waals surface area contributed by atoms with Gasteiger partial charge in [-0.15, -0.1) is 10.3 Å². The fraction of sp³-hybridized carbons (Fsp3) is 0.636. The Morgan fingerprint density at radius 3 is 2.43 bits per heavy atom. The van der Waals surface area contributed by atoms with E-state index in [9.17, 15) is 9.59 Å². The molecule has 0 aromatic heterocycles. The topological polar surface area (TPSA) is 160 Å². The van der Waals surface area contributed by atoms with Gasteiger partial charge in [0, 0.05) is 14.1 Å². The average Bonchev–Trinajstić information content (AvgIpc) is 2.46. The molecule has 0 amide bonds. The van der Waals surface area contributed by atoms with Crippen LogP contribution in [0.25, 0.3) is 0 Å². The van der Waals surface area contributed by atoms with Gasteiger partial charge in [-0.2, -0.15) is 0 Å². The maximum atomic E-state index is 11.6. The van der Waals surface area contributed by atoms with Gasteiger partial charge in [-0.3, -0.25) is 10.2 Å². The van der Waals surface area contributed by atoms with E-state index in [-0.39, 0.29) is 19.2 Å². The standard InChI is InChI=1S/C11H23N7O5/c1-5-21-9(20)8(2)23-18(10(12)13)17(16(3)4)11(14)15-22-7-6-19/h6,8H,5,7H2,1-4H3,(H3,12,13)(H2,14,15). The molecule has 0 saturated carbocycles. The third-order valence-electron chi connectivity index (χ3n) is 2.14. The van der Waals surface area contributed by atoms with Gasteiger partial charge in [0.25, 0.3) is 5.96 Å². The summed E-state index contributed by atoms with van der Waals surface area (Å²) in [5.41, 5.74) is 11.2. The van der Waals surface area contributed by atoms with Gasteiger partial charge in [-0.05, 0) is 19.0 Å². The Kier molecular flexibility index (Phi) is 9.03. The number of hydrogen-bond donors (Lipinski definition) is 3. The molecule has 1 atom stereocenters. The van der Waals surface area contributed by atoms with E-state index in [4.69, 9.17) is 26.5 Å². The Morgan fingerprint density at radius 2 is 2.00 bits per heavy atom. The van der Waals surface area contributed by atoms with Gasteiger partial charge in [0.1, 0.15) is 0 Å². The van der Waals surface area contributed by atoms with Crippen molar-refractivity contribution in [2.45, 2.75) is 20.0 Å². The lowest BCUT2D eigenvalue weighted by Gasteiger charge is -2.37. The van der Waals surface area contributed by atoms with E-state index in [1.807, 2.05) is 0 Å². The van der Waals surface area contributed by atoms with Gasteiger partial charge in [0.15, 0.2) is 19.0 Å². The van der Waals surface area contributed by atoms with Crippen molar-refractivity contribution in [1.82, 2.24) is 15.3 Å². The SMILES string of the molecule is CCOC(=O)C(C)ON(C(=N)N)N(C(N)=NOCC=O)N(C)C. The first-order valence-electron chi connectivity index (χ1n) is 6.60. The molecular formula is C11H23N7O5. The van der Waals surface area contributed by atoms with Crippen molar-refractivity contribution < 1.29 is 24.0 Å². The van der Waals surface area contributed by atoms with E-state index in [0.29, 0.717) is 6.29 Å². The molecule has 23 heavy (non-hydrogen) atoms. The summed E-state index contributed by atoms with van der Waals surface area (Å²) in [6.07, 6.45) is -0.580. The highest BCUT2D eigenvalue weighted by atomic mass is 16.7. The summed E-state index contributed by atoms with van der Waals surface area (Å²) in [4.78, 5) is 31.8. The highest BCUT2D eigenvalue weighted by Gasteiger charge is 2.28. The Balaban J connectivity index is 5.25. The van der Waals surface area contributed by atoms with Crippen LogP contribution in [0.3, 0.4) is 0 Å². The van der Waals surface area contributed by atoms with Gasteiger partial charge >= 0.3 is 5.97 Å². The summed E-state index contributed by atoms with van der Waals surface area (Å²) in [7, 11) is 3.10. The van der Waals surface area contributed by atoms with Crippen molar-refractivity contribution in [2.24, 2.45) is 16.6 Å². The summed E-state index contributed by atoms with van der Waals surface area (Å²) in [5, 5.41) is 14.2. The minimum Gasteiger partial charge on any atom is -0.464 e. The largest absolute Gasteiger partial charge is 0.464 e. The van der Waals surface area contributed by atoms with Crippen molar-refractivity contribution in [3.8, 4) is 0 Å². The third kappa shape index (κ3) is 6.80. The number of carbonyl (C=O) groups excluding carboxylic acids is 2. The number of hydroxylamine groups is 1. The van der Waals surface area contributed by atoms with Crippen LogP contribution in [0.15, 0.2) is 5.16 Å². The number of guanidine groups is 2.